The average Bonchev–Trinajstić information content (AvgIpc) is 3.56. The van der Waals surface area contributed by atoms with Crippen LogP contribution in [0.4, 0.5) is 5.82 Å². The number of aliphatic hydroxyl groups is 1. The van der Waals surface area contributed by atoms with Crippen molar-refractivity contribution in [3.8, 4) is 5.75 Å². The van der Waals surface area contributed by atoms with Crippen LogP contribution in [0.25, 0.3) is 0 Å². The van der Waals surface area contributed by atoms with Gasteiger partial charge in [-0.1, -0.05) is 22.9 Å². The number of piperidine rings is 1. The molecule has 15 heteroatoms. The van der Waals surface area contributed by atoms with Gasteiger partial charge in [-0.3, -0.25) is 14.5 Å². The van der Waals surface area contributed by atoms with E-state index in [-0.39, 0.29) is 42.9 Å². The van der Waals surface area contributed by atoms with Gasteiger partial charge in [0.2, 0.25) is 5.91 Å². The first kappa shape index (κ1) is 33.1. The minimum absolute atomic E-state index is 0.0840. The molecule has 1 unspecified atom stereocenters. The molecule has 6 rings (SSSR count). The molecule has 2 amide bonds. The topological polar surface area (TPSA) is 160 Å². The Labute approximate surface area is 278 Å². The molecule has 252 valence electrons. The van der Waals surface area contributed by atoms with Crippen LogP contribution in [0.1, 0.15) is 72.6 Å². The van der Waals surface area contributed by atoms with Crippen LogP contribution >= 0.6 is 11.6 Å². The molecule has 3 aromatic rings. The van der Waals surface area contributed by atoms with Crippen molar-refractivity contribution >= 4 is 29.2 Å². The highest BCUT2D eigenvalue weighted by Gasteiger charge is 2.25. The molecule has 0 aliphatic carbocycles. The van der Waals surface area contributed by atoms with Gasteiger partial charge in [-0.25, -0.2) is 14.6 Å². The van der Waals surface area contributed by atoms with Crippen LogP contribution in [0.3, 0.4) is 0 Å². The summed E-state index contributed by atoms with van der Waals surface area (Å²) in [5.41, 5.74) is 3.18. The summed E-state index contributed by atoms with van der Waals surface area (Å²) in [4.78, 5) is 36.7. The summed E-state index contributed by atoms with van der Waals surface area (Å²) in [7, 11) is 0. The van der Waals surface area contributed by atoms with Crippen LogP contribution < -0.4 is 15.4 Å². The number of hydrogen-bond acceptors (Lipinski definition) is 11. The number of halogens is 1. The number of hydrogen-bond donors (Lipinski definition) is 3. The first-order valence-electron chi connectivity index (χ1n) is 16.3. The number of aliphatic hydroxyl groups excluding tert-OH is 1. The molecule has 1 aromatic carbocycles. The van der Waals surface area contributed by atoms with E-state index in [9.17, 15) is 14.7 Å². The maximum absolute atomic E-state index is 12.8. The van der Waals surface area contributed by atoms with Gasteiger partial charge in [0, 0.05) is 64.9 Å². The molecular formula is C32H42ClN9O5. The highest BCUT2D eigenvalue weighted by atomic mass is 35.5. The van der Waals surface area contributed by atoms with E-state index in [1.807, 2.05) is 17.0 Å². The number of aromatic nitrogens is 5. The van der Waals surface area contributed by atoms with E-state index in [0.717, 1.165) is 55.5 Å². The molecule has 2 saturated heterocycles. The second-order valence-corrected chi connectivity index (χ2v) is 12.7. The van der Waals surface area contributed by atoms with Crippen molar-refractivity contribution in [1.29, 1.82) is 0 Å². The Morgan fingerprint density at radius 3 is 2.81 bits per heavy atom. The smallest absolute Gasteiger partial charge is 0.270 e. The van der Waals surface area contributed by atoms with Gasteiger partial charge < -0.3 is 30.1 Å². The monoisotopic (exact) mass is 667 g/mol. The van der Waals surface area contributed by atoms with Crippen LogP contribution in [-0.4, -0.2) is 103 Å². The third kappa shape index (κ3) is 8.36. The summed E-state index contributed by atoms with van der Waals surface area (Å²) in [5, 5.41) is 25.8. The number of ether oxygens (including phenoxy) is 2. The number of amides is 2. The molecule has 5 heterocycles. The molecule has 3 N–H and O–H groups in total. The number of anilines is 1. The number of nitrogens with one attached hydrogen (secondary N) is 2. The Morgan fingerprint density at radius 2 is 2.02 bits per heavy atom. The molecule has 3 aliphatic rings. The summed E-state index contributed by atoms with van der Waals surface area (Å²) in [6, 6.07) is 5.67. The Morgan fingerprint density at radius 1 is 1.17 bits per heavy atom. The molecule has 2 atom stereocenters. The number of carbonyl (C=O) groups is 2. The van der Waals surface area contributed by atoms with Gasteiger partial charge in [0.15, 0.2) is 6.23 Å². The van der Waals surface area contributed by atoms with Crippen LogP contribution in [0.5, 0.6) is 5.75 Å². The quantitative estimate of drug-likeness (QED) is 0.276. The van der Waals surface area contributed by atoms with E-state index in [4.69, 9.17) is 21.1 Å². The number of benzene rings is 1. The Bertz CT molecular complexity index is 1540. The van der Waals surface area contributed by atoms with Gasteiger partial charge in [-0.05, 0) is 55.7 Å². The van der Waals surface area contributed by atoms with Crippen molar-refractivity contribution in [2.45, 2.75) is 77.0 Å². The van der Waals surface area contributed by atoms with E-state index in [2.05, 4.69) is 35.8 Å². The molecule has 2 fully saturated rings. The van der Waals surface area contributed by atoms with Gasteiger partial charge in [0.1, 0.15) is 30.2 Å². The van der Waals surface area contributed by atoms with Crippen LogP contribution in [0.2, 0.25) is 5.02 Å². The van der Waals surface area contributed by atoms with Crippen LogP contribution in [0, 0.1) is 0 Å². The SMILES string of the molecule is CC(=O)N1CCC(Nc2cc(C(=O)NC[C@H](O)CN3CCc4c(ccc(OCc5cnnn5C5CCCCO5)c4Cl)C3)ncn2)CC1. The molecule has 47 heavy (non-hydrogen) atoms. The van der Waals surface area contributed by atoms with Gasteiger partial charge in [0.05, 0.1) is 23.0 Å². The number of carbonyl (C=O) groups excluding carboxylic acids is 2. The Kier molecular flexibility index (Phi) is 10.8. The predicted octanol–water partition coefficient (Wildman–Crippen LogP) is 2.57. The molecular weight excluding hydrogens is 626 g/mol. The second-order valence-electron chi connectivity index (χ2n) is 12.4. The maximum atomic E-state index is 12.8. The molecule has 14 nitrogen and oxygen atoms in total. The summed E-state index contributed by atoms with van der Waals surface area (Å²) < 4.78 is 13.8. The fraction of sp³-hybridized carbons (Fsp3) is 0.562. The number of fused-ring (bicyclic) bond motifs is 1. The molecule has 0 saturated carbocycles. The zero-order chi connectivity index (χ0) is 32.8. The zero-order valence-electron chi connectivity index (χ0n) is 26.6. The second kappa shape index (κ2) is 15.4. The lowest BCUT2D eigenvalue weighted by Gasteiger charge is -2.32. The van der Waals surface area contributed by atoms with Crippen LogP contribution in [0.15, 0.2) is 30.7 Å². The fourth-order valence-electron chi connectivity index (χ4n) is 6.37. The summed E-state index contributed by atoms with van der Waals surface area (Å²) in [5.74, 6) is 0.874. The summed E-state index contributed by atoms with van der Waals surface area (Å²) in [6.45, 7) is 5.79. The molecule has 3 aliphatic heterocycles. The van der Waals surface area contributed by atoms with Crippen molar-refractivity contribution in [2.24, 2.45) is 0 Å². The highest BCUT2D eigenvalue weighted by Crippen LogP contribution is 2.35. The van der Waals surface area contributed by atoms with Crippen molar-refractivity contribution in [3.63, 3.8) is 0 Å². The normalized spacial score (nSPS) is 19.6. The van der Waals surface area contributed by atoms with E-state index < -0.39 is 6.10 Å². The van der Waals surface area contributed by atoms with Gasteiger partial charge in [0.25, 0.3) is 5.91 Å². The molecule has 2 aromatic heterocycles. The first-order valence-corrected chi connectivity index (χ1v) is 16.7. The third-order valence-corrected chi connectivity index (χ3v) is 9.40. The van der Waals surface area contributed by atoms with Crippen molar-refractivity contribution in [1.82, 2.24) is 40.1 Å². The highest BCUT2D eigenvalue weighted by molar-refractivity contribution is 6.33. The number of likely N-dealkylation sites (tertiary alicyclic amines) is 1. The standard InChI is InChI=1S/C32H42ClN9O5/c1-21(43)41-11-7-23(8-12-41)38-29-14-27(35-20-36-29)32(45)34-16-25(44)18-40-10-9-26-22(17-40)5-6-28(31(26)33)47-19-24-15-37-39-42(24)30-4-2-3-13-46-30/h5-6,14-15,20,23,25,30,44H,2-4,7-13,16-19H2,1H3,(H,34,45)(H,35,36,38)/t25-,30?/m0/s1. The Balaban J connectivity index is 0.958. The minimum atomic E-state index is -0.768. The maximum Gasteiger partial charge on any atom is 0.270 e. The number of nitrogens with zero attached hydrogens (tertiary/aromatic N) is 7. The average molecular weight is 668 g/mol. The molecule has 0 radical (unpaired) electrons. The predicted molar refractivity (Wildman–Crippen MR) is 173 cm³/mol. The molecule has 0 spiro atoms. The third-order valence-electron chi connectivity index (χ3n) is 8.99. The van der Waals surface area contributed by atoms with Crippen LogP contribution in [-0.2, 0) is 29.1 Å². The zero-order valence-corrected chi connectivity index (χ0v) is 27.4. The van der Waals surface area contributed by atoms with Gasteiger partial charge in [-0.15, -0.1) is 5.10 Å². The van der Waals surface area contributed by atoms with Crippen molar-refractivity contribution in [3.05, 3.63) is 58.3 Å². The number of β-amino-alcohol motifs (C(OH)–C–C–N with tert-alkyl or cyclic N) is 1. The fourth-order valence-corrected chi connectivity index (χ4v) is 6.70. The van der Waals surface area contributed by atoms with E-state index >= 15 is 0 Å². The summed E-state index contributed by atoms with van der Waals surface area (Å²) in [6.07, 6.45) is 7.55. The van der Waals surface area contributed by atoms with Gasteiger partial charge >= 0.3 is 0 Å². The lowest BCUT2D eigenvalue weighted by atomic mass is 9.99. The van der Waals surface area contributed by atoms with Gasteiger partial charge in [-0.2, -0.15) is 0 Å². The molecule has 0 bridgehead atoms. The lowest BCUT2D eigenvalue weighted by molar-refractivity contribution is -0.129. The van der Waals surface area contributed by atoms with Crippen molar-refractivity contribution in [2.75, 3.05) is 44.6 Å². The summed E-state index contributed by atoms with van der Waals surface area (Å²) >= 11 is 6.80. The van der Waals surface area contributed by atoms with E-state index in [1.165, 1.54) is 6.33 Å². The minimum Gasteiger partial charge on any atom is -0.486 e. The Hall–Kier alpha value is -3.85. The lowest BCUT2D eigenvalue weighted by Crippen LogP contribution is -2.42. The first-order chi connectivity index (χ1) is 22.8. The van der Waals surface area contributed by atoms with E-state index in [0.29, 0.717) is 55.7 Å². The largest absolute Gasteiger partial charge is 0.486 e. The van der Waals surface area contributed by atoms with E-state index in [1.54, 1.807) is 23.9 Å². The number of rotatable bonds is 11. The van der Waals surface area contributed by atoms with Crippen molar-refractivity contribution < 1.29 is 24.2 Å².